The predicted octanol–water partition coefficient (Wildman–Crippen LogP) is 0.958. The van der Waals surface area contributed by atoms with Gasteiger partial charge in [0.15, 0.2) is 5.82 Å². The maximum atomic E-state index is 13.5. The molecule has 7 heteroatoms. The quantitative estimate of drug-likeness (QED) is 0.822. The first-order valence-electron chi connectivity index (χ1n) is 6.35. The zero-order valence-electron chi connectivity index (χ0n) is 11.0. The molecule has 2 heterocycles. The highest BCUT2D eigenvalue weighted by molar-refractivity contribution is 5.94. The van der Waals surface area contributed by atoms with E-state index in [9.17, 15) is 18.4 Å². The van der Waals surface area contributed by atoms with Crippen molar-refractivity contribution in [2.75, 3.05) is 20.1 Å². The Morgan fingerprint density at radius 2 is 2.00 bits per heavy atom. The van der Waals surface area contributed by atoms with Crippen molar-refractivity contribution in [3.8, 4) is 0 Å². The molecule has 0 aromatic carbocycles. The fraction of sp³-hybridized carbons (Fsp3) is 0.462. The topological polar surface area (TPSA) is 62.3 Å². The molecule has 20 heavy (non-hydrogen) atoms. The fourth-order valence-corrected chi connectivity index (χ4v) is 2.30. The summed E-state index contributed by atoms with van der Waals surface area (Å²) in [5.41, 5.74) is -0.323. The Bertz CT molecular complexity index is 528. The van der Waals surface area contributed by atoms with Crippen LogP contribution in [0.2, 0.25) is 0 Å². The summed E-state index contributed by atoms with van der Waals surface area (Å²) < 4.78 is 26.5. The van der Waals surface area contributed by atoms with E-state index in [0.29, 0.717) is 25.9 Å². The number of piperidine rings is 1. The Morgan fingerprint density at radius 1 is 1.35 bits per heavy atom. The third kappa shape index (κ3) is 2.76. The molecule has 0 unspecified atom stereocenters. The van der Waals surface area contributed by atoms with Crippen molar-refractivity contribution < 1.29 is 18.4 Å². The SMILES string of the molecule is CNC(=O)C1CCN(C(=O)c2ccnc(F)c2F)CC1. The van der Waals surface area contributed by atoms with Crippen LogP contribution in [0, 0.1) is 17.7 Å². The molecule has 108 valence electrons. The lowest BCUT2D eigenvalue weighted by molar-refractivity contribution is -0.125. The molecule has 0 atom stereocenters. The molecular weight excluding hydrogens is 268 g/mol. The second-order valence-electron chi connectivity index (χ2n) is 4.64. The zero-order chi connectivity index (χ0) is 14.7. The molecule has 0 saturated carbocycles. The van der Waals surface area contributed by atoms with E-state index >= 15 is 0 Å². The summed E-state index contributed by atoms with van der Waals surface area (Å²) in [6.07, 6.45) is 2.09. The Morgan fingerprint density at radius 3 is 2.60 bits per heavy atom. The van der Waals surface area contributed by atoms with Gasteiger partial charge in [0.2, 0.25) is 11.9 Å². The number of nitrogens with zero attached hydrogens (tertiary/aromatic N) is 2. The van der Waals surface area contributed by atoms with Crippen LogP contribution in [0.1, 0.15) is 23.2 Å². The van der Waals surface area contributed by atoms with Crippen LogP contribution in [-0.2, 0) is 4.79 Å². The number of nitrogens with one attached hydrogen (secondary N) is 1. The first-order valence-corrected chi connectivity index (χ1v) is 6.35. The highest BCUT2D eigenvalue weighted by atomic mass is 19.2. The van der Waals surface area contributed by atoms with Gasteiger partial charge in [0, 0.05) is 32.3 Å². The number of likely N-dealkylation sites (tertiary alicyclic amines) is 1. The van der Waals surface area contributed by atoms with Crippen molar-refractivity contribution in [2.24, 2.45) is 5.92 Å². The van der Waals surface area contributed by atoms with E-state index in [1.165, 1.54) is 4.90 Å². The molecule has 5 nitrogen and oxygen atoms in total. The number of halogens is 2. The van der Waals surface area contributed by atoms with E-state index in [0.717, 1.165) is 12.3 Å². The average Bonchev–Trinajstić information content (AvgIpc) is 2.48. The number of amides is 2. The van der Waals surface area contributed by atoms with Crippen molar-refractivity contribution in [3.05, 3.63) is 29.6 Å². The number of hydrogen-bond donors (Lipinski definition) is 1. The third-order valence-electron chi connectivity index (χ3n) is 3.48. The van der Waals surface area contributed by atoms with Crippen molar-refractivity contribution >= 4 is 11.8 Å². The summed E-state index contributed by atoms with van der Waals surface area (Å²) in [5.74, 6) is -3.28. The molecule has 0 spiro atoms. The number of hydrogen-bond acceptors (Lipinski definition) is 3. The molecule has 0 radical (unpaired) electrons. The van der Waals surface area contributed by atoms with Crippen molar-refractivity contribution in [1.82, 2.24) is 15.2 Å². The molecule has 1 aromatic rings. The predicted molar refractivity (Wildman–Crippen MR) is 66.8 cm³/mol. The molecule has 1 fully saturated rings. The number of carbonyl (C=O) groups excluding carboxylic acids is 2. The van der Waals surface area contributed by atoms with Gasteiger partial charge in [0.1, 0.15) is 0 Å². The molecule has 2 amide bonds. The molecule has 1 aromatic heterocycles. The van der Waals surface area contributed by atoms with E-state index < -0.39 is 17.7 Å². The van der Waals surface area contributed by atoms with Gasteiger partial charge in [0.05, 0.1) is 5.56 Å². The molecule has 1 N–H and O–H groups in total. The Hall–Kier alpha value is -2.05. The highest BCUT2D eigenvalue weighted by Crippen LogP contribution is 2.20. The molecule has 1 aliphatic rings. The normalized spacial score (nSPS) is 16.1. The van der Waals surface area contributed by atoms with Crippen molar-refractivity contribution in [3.63, 3.8) is 0 Å². The third-order valence-corrected chi connectivity index (χ3v) is 3.48. The van der Waals surface area contributed by atoms with E-state index in [4.69, 9.17) is 0 Å². The lowest BCUT2D eigenvalue weighted by Gasteiger charge is -2.31. The van der Waals surface area contributed by atoms with Crippen LogP contribution in [0.3, 0.4) is 0 Å². The molecule has 1 aliphatic heterocycles. The van der Waals surface area contributed by atoms with Gasteiger partial charge >= 0.3 is 0 Å². The zero-order valence-corrected chi connectivity index (χ0v) is 11.0. The summed E-state index contributed by atoms with van der Waals surface area (Å²) in [6, 6.07) is 1.16. The minimum Gasteiger partial charge on any atom is -0.359 e. The van der Waals surface area contributed by atoms with Crippen LogP contribution >= 0.6 is 0 Å². The first-order chi connectivity index (χ1) is 9.54. The minimum atomic E-state index is -1.28. The minimum absolute atomic E-state index is 0.0572. The van der Waals surface area contributed by atoms with Gasteiger partial charge in [-0.3, -0.25) is 9.59 Å². The second-order valence-corrected chi connectivity index (χ2v) is 4.64. The van der Waals surface area contributed by atoms with Crippen LogP contribution in [0.15, 0.2) is 12.3 Å². The van der Waals surface area contributed by atoms with Crippen LogP contribution in [-0.4, -0.2) is 41.8 Å². The van der Waals surface area contributed by atoms with E-state index in [-0.39, 0.29) is 17.4 Å². The van der Waals surface area contributed by atoms with Gasteiger partial charge in [-0.2, -0.15) is 4.39 Å². The second kappa shape index (κ2) is 5.94. The van der Waals surface area contributed by atoms with Gasteiger partial charge in [-0.1, -0.05) is 0 Å². The molecule has 0 aliphatic carbocycles. The van der Waals surface area contributed by atoms with Crippen LogP contribution in [0.25, 0.3) is 0 Å². The van der Waals surface area contributed by atoms with Gasteiger partial charge in [0.25, 0.3) is 5.91 Å². The fourth-order valence-electron chi connectivity index (χ4n) is 2.30. The number of carbonyl (C=O) groups is 2. The standard InChI is InChI=1S/C13H15F2N3O2/c1-16-12(19)8-3-6-18(7-4-8)13(20)9-2-5-17-11(15)10(9)14/h2,5,8H,3-4,6-7H2,1H3,(H,16,19). The van der Waals surface area contributed by atoms with Crippen LogP contribution < -0.4 is 5.32 Å². The lowest BCUT2D eigenvalue weighted by Crippen LogP contribution is -2.42. The Kier molecular flexibility index (Phi) is 4.26. The summed E-state index contributed by atoms with van der Waals surface area (Å²) in [5, 5.41) is 2.57. The van der Waals surface area contributed by atoms with Crippen LogP contribution in [0.4, 0.5) is 8.78 Å². The smallest absolute Gasteiger partial charge is 0.257 e. The van der Waals surface area contributed by atoms with E-state index in [1.54, 1.807) is 7.05 Å². The molecule has 2 rings (SSSR count). The maximum Gasteiger partial charge on any atom is 0.257 e. The van der Waals surface area contributed by atoms with Gasteiger partial charge in [-0.15, -0.1) is 0 Å². The van der Waals surface area contributed by atoms with Gasteiger partial charge in [-0.25, -0.2) is 9.37 Å². The van der Waals surface area contributed by atoms with Crippen molar-refractivity contribution in [1.29, 1.82) is 0 Å². The summed E-state index contributed by atoms with van der Waals surface area (Å²) >= 11 is 0. The van der Waals surface area contributed by atoms with E-state index in [2.05, 4.69) is 10.3 Å². The van der Waals surface area contributed by atoms with Crippen LogP contribution in [0.5, 0.6) is 0 Å². The molecular formula is C13H15F2N3O2. The average molecular weight is 283 g/mol. The summed E-state index contributed by atoms with van der Waals surface area (Å²) in [4.78, 5) is 28.2. The van der Waals surface area contributed by atoms with Crippen molar-refractivity contribution in [2.45, 2.75) is 12.8 Å². The van der Waals surface area contributed by atoms with E-state index in [1.807, 2.05) is 0 Å². The molecule has 1 saturated heterocycles. The maximum absolute atomic E-state index is 13.5. The summed E-state index contributed by atoms with van der Waals surface area (Å²) in [6.45, 7) is 0.695. The number of aromatic nitrogens is 1. The summed E-state index contributed by atoms with van der Waals surface area (Å²) in [7, 11) is 1.56. The molecule has 0 bridgehead atoms. The Balaban J connectivity index is 2.05. The van der Waals surface area contributed by atoms with Gasteiger partial charge in [-0.05, 0) is 18.9 Å². The first kappa shape index (κ1) is 14.4. The number of rotatable bonds is 2. The Labute approximate surface area is 115 Å². The lowest BCUT2D eigenvalue weighted by atomic mass is 9.95. The monoisotopic (exact) mass is 283 g/mol. The largest absolute Gasteiger partial charge is 0.359 e. The number of pyridine rings is 1. The highest BCUT2D eigenvalue weighted by Gasteiger charge is 2.29. The van der Waals surface area contributed by atoms with Gasteiger partial charge < -0.3 is 10.2 Å².